The fraction of sp³-hybridized carbons (Fsp3) is 0.375. The number of hydrogen-bond donors (Lipinski definition) is 2. The molecule has 2 rings (SSSR count). The van der Waals surface area contributed by atoms with Gasteiger partial charge in [-0.3, -0.25) is 0 Å². The second-order valence-corrected chi connectivity index (χ2v) is 4.95. The molecule has 0 saturated heterocycles. The number of hydrogen-bond acceptors (Lipinski definition) is 5. The van der Waals surface area contributed by atoms with Crippen LogP contribution in [0.2, 0.25) is 0 Å². The lowest BCUT2D eigenvalue weighted by Gasteiger charge is -2.12. The van der Waals surface area contributed by atoms with E-state index in [9.17, 15) is 0 Å². The maximum absolute atomic E-state index is 5.02. The monoisotopic (exact) mass is 286 g/mol. The predicted molar refractivity (Wildman–Crippen MR) is 86.2 cm³/mol. The highest BCUT2D eigenvalue weighted by molar-refractivity contribution is 5.65. The van der Waals surface area contributed by atoms with Gasteiger partial charge in [-0.05, 0) is 31.4 Å². The molecule has 1 aromatic carbocycles. The van der Waals surface area contributed by atoms with Gasteiger partial charge in [-0.2, -0.15) is 0 Å². The highest BCUT2D eigenvalue weighted by Crippen LogP contribution is 2.23. The molecule has 0 aliphatic heterocycles. The summed E-state index contributed by atoms with van der Waals surface area (Å²) in [5.74, 6) is 1.60. The summed E-state index contributed by atoms with van der Waals surface area (Å²) in [4.78, 5) is 8.49. The standard InChI is InChI=1S/C16H22N4O/c1-12-6-4-7-13(2)16(12)20-15-10-14(18-11-19-15)17-8-5-9-21-3/h4,6-7,10-11H,5,8-9H2,1-3H3,(H2,17,18,19,20). The van der Waals surface area contributed by atoms with Gasteiger partial charge in [0.1, 0.15) is 18.0 Å². The largest absolute Gasteiger partial charge is 0.385 e. The Kier molecular flexibility index (Phi) is 5.51. The number of anilines is 3. The van der Waals surface area contributed by atoms with Gasteiger partial charge < -0.3 is 15.4 Å². The Balaban J connectivity index is 2.04. The fourth-order valence-electron chi connectivity index (χ4n) is 2.10. The first kappa shape index (κ1) is 15.3. The van der Waals surface area contributed by atoms with E-state index in [1.54, 1.807) is 13.4 Å². The van der Waals surface area contributed by atoms with Crippen molar-refractivity contribution < 1.29 is 4.74 Å². The van der Waals surface area contributed by atoms with Gasteiger partial charge in [0.2, 0.25) is 0 Å². The molecule has 0 aliphatic carbocycles. The van der Waals surface area contributed by atoms with E-state index in [4.69, 9.17) is 4.74 Å². The van der Waals surface area contributed by atoms with Gasteiger partial charge in [-0.15, -0.1) is 0 Å². The number of aromatic nitrogens is 2. The normalized spacial score (nSPS) is 10.4. The van der Waals surface area contributed by atoms with E-state index in [0.29, 0.717) is 0 Å². The summed E-state index contributed by atoms with van der Waals surface area (Å²) in [5.41, 5.74) is 3.49. The molecule has 2 aromatic rings. The highest BCUT2D eigenvalue weighted by atomic mass is 16.5. The lowest BCUT2D eigenvalue weighted by Crippen LogP contribution is -2.07. The summed E-state index contributed by atoms with van der Waals surface area (Å²) < 4.78 is 5.02. The van der Waals surface area contributed by atoms with E-state index < -0.39 is 0 Å². The second-order valence-electron chi connectivity index (χ2n) is 4.95. The minimum atomic E-state index is 0.742. The quantitative estimate of drug-likeness (QED) is 0.765. The van der Waals surface area contributed by atoms with Crippen LogP contribution in [0.15, 0.2) is 30.6 Å². The van der Waals surface area contributed by atoms with Gasteiger partial charge in [0, 0.05) is 32.0 Å². The molecule has 0 radical (unpaired) electrons. The molecule has 0 amide bonds. The third-order valence-corrected chi connectivity index (χ3v) is 3.23. The van der Waals surface area contributed by atoms with Gasteiger partial charge >= 0.3 is 0 Å². The molecule has 0 spiro atoms. The second kappa shape index (κ2) is 7.59. The Morgan fingerprint density at radius 2 is 1.81 bits per heavy atom. The van der Waals surface area contributed by atoms with Crippen LogP contribution in [0.25, 0.3) is 0 Å². The maximum Gasteiger partial charge on any atom is 0.135 e. The van der Waals surface area contributed by atoms with Crippen molar-refractivity contribution >= 4 is 17.3 Å². The smallest absolute Gasteiger partial charge is 0.135 e. The van der Waals surface area contributed by atoms with Crippen molar-refractivity contribution in [3.8, 4) is 0 Å². The number of methoxy groups -OCH3 is 1. The summed E-state index contributed by atoms with van der Waals surface area (Å²) in [6.45, 7) is 5.74. The molecule has 0 aliphatic rings. The number of ether oxygens (including phenoxy) is 1. The minimum absolute atomic E-state index is 0.742. The van der Waals surface area contributed by atoms with Crippen LogP contribution in [-0.4, -0.2) is 30.2 Å². The number of nitrogens with zero attached hydrogens (tertiary/aromatic N) is 2. The average Bonchev–Trinajstić information content (AvgIpc) is 2.48. The van der Waals surface area contributed by atoms with Crippen molar-refractivity contribution in [1.29, 1.82) is 0 Å². The first-order valence-electron chi connectivity index (χ1n) is 7.09. The Morgan fingerprint density at radius 3 is 2.52 bits per heavy atom. The van der Waals surface area contributed by atoms with Gasteiger partial charge in [-0.25, -0.2) is 9.97 Å². The van der Waals surface area contributed by atoms with Crippen molar-refractivity contribution in [2.45, 2.75) is 20.3 Å². The predicted octanol–water partition coefficient (Wildman–Crippen LogP) is 3.29. The summed E-state index contributed by atoms with van der Waals surface area (Å²) in [7, 11) is 1.71. The number of para-hydroxylation sites is 1. The summed E-state index contributed by atoms with van der Waals surface area (Å²) >= 11 is 0. The van der Waals surface area contributed by atoms with Crippen LogP contribution in [-0.2, 0) is 4.74 Å². The third kappa shape index (κ3) is 4.43. The molecule has 112 valence electrons. The molecule has 1 aromatic heterocycles. The zero-order valence-electron chi connectivity index (χ0n) is 12.8. The van der Waals surface area contributed by atoms with E-state index in [2.05, 4.69) is 52.6 Å². The number of nitrogens with one attached hydrogen (secondary N) is 2. The Bertz CT molecular complexity index is 566. The molecule has 0 saturated carbocycles. The molecular formula is C16H22N4O. The van der Waals surface area contributed by atoms with Crippen molar-refractivity contribution in [3.63, 3.8) is 0 Å². The van der Waals surface area contributed by atoms with E-state index >= 15 is 0 Å². The van der Waals surface area contributed by atoms with Gasteiger partial charge in [0.25, 0.3) is 0 Å². The maximum atomic E-state index is 5.02. The van der Waals surface area contributed by atoms with Crippen LogP contribution < -0.4 is 10.6 Å². The number of rotatable bonds is 7. The molecule has 0 fully saturated rings. The summed E-state index contributed by atoms with van der Waals surface area (Å²) in [6, 6.07) is 8.14. The molecular weight excluding hydrogens is 264 g/mol. The van der Waals surface area contributed by atoms with Gasteiger partial charge in [-0.1, -0.05) is 18.2 Å². The molecule has 5 nitrogen and oxygen atoms in total. The van der Waals surface area contributed by atoms with Crippen molar-refractivity contribution in [2.75, 3.05) is 30.9 Å². The van der Waals surface area contributed by atoms with Gasteiger partial charge in [0.05, 0.1) is 0 Å². The minimum Gasteiger partial charge on any atom is -0.385 e. The van der Waals surface area contributed by atoms with Crippen LogP contribution in [0, 0.1) is 13.8 Å². The van der Waals surface area contributed by atoms with Crippen molar-refractivity contribution in [3.05, 3.63) is 41.7 Å². The summed E-state index contributed by atoms with van der Waals surface area (Å²) in [5, 5.41) is 6.63. The topological polar surface area (TPSA) is 59.1 Å². The van der Waals surface area contributed by atoms with E-state index in [1.807, 2.05) is 6.07 Å². The highest BCUT2D eigenvalue weighted by Gasteiger charge is 2.04. The van der Waals surface area contributed by atoms with Crippen LogP contribution in [0.5, 0.6) is 0 Å². The molecule has 1 heterocycles. The Morgan fingerprint density at radius 1 is 1.10 bits per heavy atom. The average molecular weight is 286 g/mol. The molecule has 21 heavy (non-hydrogen) atoms. The fourth-order valence-corrected chi connectivity index (χ4v) is 2.10. The van der Waals surface area contributed by atoms with Gasteiger partial charge in [0.15, 0.2) is 0 Å². The molecule has 0 bridgehead atoms. The van der Waals surface area contributed by atoms with E-state index in [0.717, 1.165) is 36.9 Å². The van der Waals surface area contributed by atoms with Crippen molar-refractivity contribution in [2.24, 2.45) is 0 Å². The van der Waals surface area contributed by atoms with Crippen LogP contribution in [0.1, 0.15) is 17.5 Å². The molecule has 2 N–H and O–H groups in total. The first-order valence-corrected chi connectivity index (χ1v) is 7.09. The molecule has 0 unspecified atom stereocenters. The number of benzene rings is 1. The third-order valence-electron chi connectivity index (χ3n) is 3.23. The zero-order chi connectivity index (χ0) is 15.1. The van der Waals surface area contributed by atoms with Crippen molar-refractivity contribution in [1.82, 2.24) is 9.97 Å². The Labute approximate surface area is 125 Å². The lowest BCUT2D eigenvalue weighted by molar-refractivity contribution is 0.198. The van der Waals surface area contributed by atoms with Crippen LogP contribution in [0.3, 0.4) is 0 Å². The van der Waals surface area contributed by atoms with Crippen LogP contribution >= 0.6 is 0 Å². The summed E-state index contributed by atoms with van der Waals surface area (Å²) in [6.07, 6.45) is 2.51. The van der Waals surface area contributed by atoms with E-state index in [-0.39, 0.29) is 0 Å². The molecule has 0 atom stereocenters. The van der Waals surface area contributed by atoms with E-state index in [1.165, 1.54) is 11.1 Å². The number of aryl methyl sites for hydroxylation is 2. The Hall–Kier alpha value is -2.14. The lowest BCUT2D eigenvalue weighted by atomic mass is 10.1. The first-order chi connectivity index (χ1) is 10.2. The zero-order valence-corrected chi connectivity index (χ0v) is 12.8. The van der Waals surface area contributed by atoms with Crippen LogP contribution in [0.4, 0.5) is 17.3 Å². The SMILES string of the molecule is COCCCNc1cc(Nc2c(C)cccc2C)ncn1. The molecule has 5 heteroatoms.